The third-order valence-corrected chi connectivity index (χ3v) is 8.75. The summed E-state index contributed by atoms with van der Waals surface area (Å²) < 4.78 is 11.6. The van der Waals surface area contributed by atoms with Crippen LogP contribution in [0.3, 0.4) is 0 Å². The van der Waals surface area contributed by atoms with Gasteiger partial charge in [-0.2, -0.15) is 0 Å². The molecule has 9 atom stereocenters. The Morgan fingerprint density at radius 2 is 2.08 bits per heavy atom. The van der Waals surface area contributed by atoms with Crippen LogP contribution in [0.2, 0.25) is 0 Å². The second-order valence-electron chi connectivity index (χ2n) is 9.44. The van der Waals surface area contributed by atoms with Gasteiger partial charge in [0.25, 0.3) is 0 Å². The molecule has 4 aliphatic carbocycles. The molecule has 1 spiro atoms. The normalized spacial score (nSPS) is 56.9. The van der Waals surface area contributed by atoms with Crippen molar-refractivity contribution in [3.63, 3.8) is 0 Å². The van der Waals surface area contributed by atoms with Crippen LogP contribution in [0.25, 0.3) is 0 Å². The molecule has 1 heterocycles. The highest BCUT2D eigenvalue weighted by Gasteiger charge is 2.84. The molecule has 4 saturated carbocycles. The van der Waals surface area contributed by atoms with Crippen LogP contribution < -0.4 is 0 Å². The Morgan fingerprint density at radius 3 is 2.73 bits per heavy atom. The van der Waals surface area contributed by atoms with E-state index in [1.54, 1.807) is 6.92 Å². The molecule has 5 rings (SSSR count). The molecule has 0 aromatic heterocycles. The third-order valence-electron chi connectivity index (χ3n) is 8.75. The Kier molecular flexibility index (Phi) is 3.03. The van der Waals surface area contributed by atoms with E-state index in [9.17, 15) is 19.8 Å². The van der Waals surface area contributed by atoms with Gasteiger partial charge in [-0.15, -0.1) is 0 Å². The van der Waals surface area contributed by atoms with E-state index in [1.807, 2.05) is 0 Å². The molecule has 142 valence electrons. The zero-order chi connectivity index (χ0) is 18.6. The van der Waals surface area contributed by atoms with Gasteiger partial charge in [0.15, 0.2) is 0 Å². The molecule has 6 nitrogen and oxygen atoms in total. The van der Waals surface area contributed by atoms with E-state index in [-0.39, 0.29) is 5.92 Å². The molecule has 5 aliphatic rings. The van der Waals surface area contributed by atoms with E-state index in [0.29, 0.717) is 18.8 Å². The molecule has 0 amide bonds. The average Bonchev–Trinajstić information content (AvgIpc) is 3.05. The molecule has 0 aromatic carbocycles. The number of methoxy groups -OCH3 is 1. The Balaban J connectivity index is 1.75. The quantitative estimate of drug-likeness (QED) is 0.574. The smallest absolute Gasteiger partial charge is 0.315 e. The molecule has 1 saturated heterocycles. The maximum atomic E-state index is 12.9. The van der Waals surface area contributed by atoms with Gasteiger partial charge in [-0.25, -0.2) is 0 Å². The molecule has 5 fully saturated rings. The fourth-order valence-electron chi connectivity index (χ4n) is 7.91. The number of hydrogen-bond acceptors (Lipinski definition) is 5. The molecule has 0 aromatic rings. The van der Waals surface area contributed by atoms with Gasteiger partial charge in [-0.3, -0.25) is 9.59 Å². The number of esters is 1. The average molecular weight is 362 g/mol. The highest BCUT2D eigenvalue weighted by atomic mass is 16.6. The molecule has 1 aliphatic heterocycles. The van der Waals surface area contributed by atoms with Crippen molar-refractivity contribution in [3.8, 4) is 0 Å². The van der Waals surface area contributed by atoms with Gasteiger partial charge in [-0.05, 0) is 43.9 Å². The first-order valence-corrected chi connectivity index (χ1v) is 9.57. The number of aliphatic carboxylic acids is 1. The highest BCUT2D eigenvalue weighted by molar-refractivity contribution is 5.85. The fourth-order valence-corrected chi connectivity index (χ4v) is 7.91. The van der Waals surface area contributed by atoms with Gasteiger partial charge >= 0.3 is 11.9 Å². The summed E-state index contributed by atoms with van der Waals surface area (Å²) in [5, 5.41) is 21.2. The molecule has 6 heteroatoms. The van der Waals surface area contributed by atoms with Crippen molar-refractivity contribution < 1.29 is 29.3 Å². The minimum atomic E-state index is -1.24. The first-order valence-electron chi connectivity index (χ1n) is 9.57. The molecular formula is C20H26O6. The summed E-state index contributed by atoms with van der Waals surface area (Å²) in [7, 11) is 1.53. The number of allylic oxidation sites excluding steroid dienone is 1. The second kappa shape index (κ2) is 4.71. The first-order chi connectivity index (χ1) is 12.2. The lowest BCUT2D eigenvalue weighted by Gasteiger charge is -2.47. The number of hydrogen-bond donors (Lipinski definition) is 2. The summed E-state index contributed by atoms with van der Waals surface area (Å²) in [6, 6.07) is 0. The lowest BCUT2D eigenvalue weighted by atomic mass is 9.58. The molecule has 0 radical (unpaired) electrons. The molecule has 0 unspecified atom stereocenters. The Bertz CT molecular complexity index is 732. The summed E-state index contributed by atoms with van der Waals surface area (Å²) in [5.41, 5.74) is -1.36. The zero-order valence-electron chi connectivity index (χ0n) is 15.2. The fraction of sp³-hybridized carbons (Fsp3) is 0.800. The summed E-state index contributed by atoms with van der Waals surface area (Å²) in [6.45, 7) is 5.91. The van der Waals surface area contributed by atoms with Crippen molar-refractivity contribution in [2.75, 3.05) is 7.11 Å². The van der Waals surface area contributed by atoms with E-state index in [1.165, 1.54) is 7.11 Å². The monoisotopic (exact) mass is 362 g/mol. The molecule has 26 heavy (non-hydrogen) atoms. The van der Waals surface area contributed by atoms with Gasteiger partial charge in [0, 0.05) is 25.4 Å². The van der Waals surface area contributed by atoms with Crippen molar-refractivity contribution in [2.24, 2.45) is 34.5 Å². The van der Waals surface area contributed by atoms with E-state index in [2.05, 4.69) is 6.58 Å². The summed E-state index contributed by atoms with van der Waals surface area (Å²) in [4.78, 5) is 25.4. The molecule has 2 N–H and O–H groups in total. The summed E-state index contributed by atoms with van der Waals surface area (Å²) >= 11 is 0. The van der Waals surface area contributed by atoms with Crippen LogP contribution in [0.5, 0.6) is 0 Å². The van der Waals surface area contributed by atoms with Crippen molar-refractivity contribution in [1.29, 1.82) is 0 Å². The van der Waals surface area contributed by atoms with Gasteiger partial charge in [0.2, 0.25) is 0 Å². The SMILES string of the molecule is C=C1C[C@]23C[C@H]1CC[C@H]2[C@@]12C[C@@H](OC)[C@H](O)[C@@](C)(C(=O)O1)[C@H]2[C@@H]3C(=O)O. The summed E-state index contributed by atoms with van der Waals surface area (Å²) in [6.07, 6.45) is 2.13. The number of carbonyl (C=O) groups excluding carboxylic acids is 1. The zero-order valence-corrected chi connectivity index (χ0v) is 15.2. The number of carboxylic acid groups (broad SMARTS) is 1. The molecular weight excluding hydrogens is 336 g/mol. The van der Waals surface area contributed by atoms with Crippen LogP contribution in [-0.2, 0) is 19.1 Å². The maximum Gasteiger partial charge on any atom is 0.315 e. The van der Waals surface area contributed by atoms with Crippen LogP contribution in [0.1, 0.15) is 39.0 Å². The van der Waals surface area contributed by atoms with Gasteiger partial charge in [0.1, 0.15) is 11.0 Å². The van der Waals surface area contributed by atoms with Crippen LogP contribution in [0.15, 0.2) is 12.2 Å². The van der Waals surface area contributed by atoms with Gasteiger partial charge < -0.3 is 19.7 Å². The maximum absolute atomic E-state index is 12.9. The number of ether oxygens (including phenoxy) is 2. The van der Waals surface area contributed by atoms with Crippen molar-refractivity contribution in [3.05, 3.63) is 12.2 Å². The predicted molar refractivity (Wildman–Crippen MR) is 90.0 cm³/mol. The topological polar surface area (TPSA) is 93.1 Å². The number of carbonyl (C=O) groups is 2. The lowest BCUT2D eigenvalue weighted by molar-refractivity contribution is -0.166. The van der Waals surface area contributed by atoms with Crippen molar-refractivity contribution in [2.45, 2.75) is 56.8 Å². The van der Waals surface area contributed by atoms with Crippen molar-refractivity contribution >= 4 is 11.9 Å². The Labute approximate surface area is 152 Å². The van der Waals surface area contributed by atoms with E-state index in [0.717, 1.165) is 24.8 Å². The standard InChI is InChI=1S/C20H26O6/c1-9-6-19-7-10(9)4-5-12(19)20-8-11(25-3)15(21)18(2,17(24)26-20)14(20)13(19)16(22)23/h10-15,21H,1,4-8H2,2-3H3,(H,22,23)/t10-,11-,12-,13-,14-,15+,18+,19+,20-/m1/s1. The number of carboxylic acids is 1. The minimum absolute atomic E-state index is 0.00692. The number of aliphatic hydroxyl groups is 1. The van der Waals surface area contributed by atoms with Gasteiger partial charge in [-0.1, -0.05) is 12.2 Å². The minimum Gasteiger partial charge on any atom is -0.481 e. The van der Waals surface area contributed by atoms with E-state index >= 15 is 0 Å². The van der Waals surface area contributed by atoms with Crippen LogP contribution in [-0.4, -0.2) is 47.1 Å². The largest absolute Gasteiger partial charge is 0.481 e. The van der Waals surface area contributed by atoms with E-state index < -0.39 is 52.4 Å². The van der Waals surface area contributed by atoms with Crippen LogP contribution >= 0.6 is 0 Å². The second-order valence-corrected chi connectivity index (χ2v) is 9.44. The third kappa shape index (κ3) is 1.51. The Morgan fingerprint density at radius 1 is 1.35 bits per heavy atom. The van der Waals surface area contributed by atoms with E-state index in [4.69, 9.17) is 9.47 Å². The highest BCUT2D eigenvalue weighted by Crippen LogP contribution is 2.77. The van der Waals surface area contributed by atoms with Gasteiger partial charge in [0.05, 0.1) is 18.1 Å². The first kappa shape index (κ1) is 16.8. The number of rotatable bonds is 2. The van der Waals surface area contributed by atoms with Crippen LogP contribution in [0, 0.1) is 34.5 Å². The summed E-state index contributed by atoms with van der Waals surface area (Å²) in [5.74, 6) is -2.18. The number of aliphatic hydroxyl groups excluding tert-OH is 1. The Hall–Kier alpha value is -1.40. The lowest BCUT2D eigenvalue weighted by Crippen LogP contribution is -2.59. The number of fused-ring (bicyclic) bond motifs is 1. The van der Waals surface area contributed by atoms with Crippen molar-refractivity contribution in [1.82, 2.24) is 0 Å². The predicted octanol–water partition coefficient (Wildman–Crippen LogP) is 1.76. The van der Waals surface area contributed by atoms with Crippen LogP contribution in [0.4, 0.5) is 0 Å². The molecule has 4 bridgehead atoms.